The highest BCUT2D eigenvalue weighted by Crippen LogP contribution is 2.36. The molecule has 0 atom stereocenters. The fraction of sp³-hybridized carbons (Fsp3) is 0.0833. The summed E-state index contributed by atoms with van der Waals surface area (Å²) in [5, 5.41) is 2.68. The third kappa shape index (κ3) is 3.48. The minimum atomic E-state index is -4.41. The van der Waals surface area contributed by atoms with E-state index >= 15 is 0 Å². The monoisotopic (exact) mass is 394 g/mol. The molecule has 0 spiro atoms. The Kier molecular flexibility index (Phi) is 4.15. The molecule has 0 amide bonds. The zero-order chi connectivity index (χ0) is 14.0. The van der Waals surface area contributed by atoms with Crippen molar-refractivity contribution in [2.24, 2.45) is 0 Å². The summed E-state index contributed by atoms with van der Waals surface area (Å²) in [7, 11) is 0. The van der Waals surface area contributed by atoms with E-state index in [-0.39, 0.29) is 5.69 Å². The van der Waals surface area contributed by atoms with Crippen LogP contribution in [0.15, 0.2) is 45.5 Å². The number of halogens is 5. The number of nitrogens with zero attached hydrogens (tertiary/aromatic N) is 1. The van der Waals surface area contributed by atoms with Gasteiger partial charge in [-0.25, -0.2) is 4.98 Å². The molecule has 2 aromatic rings. The van der Waals surface area contributed by atoms with Crippen molar-refractivity contribution in [2.45, 2.75) is 6.18 Å². The molecule has 1 aromatic carbocycles. The lowest BCUT2D eigenvalue weighted by Crippen LogP contribution is -2.09. The largest absolute Gasteiger partial charge is 0.418 e. The second-order valence-corrected chi connectivity index (χ2v) is 5.42. The van der Waals surface area contributed by atoms with Gasteiger partial charge >= 0.3 is 6.18 Å². The fourth-order valence-electron chi connectivity index (χ4n) is 1.47. The first-order valence-electron chi connectivity index (χ1n) is 5.12. The maximum absolute atomic E-state index is 12.8. The molecule has 2 nitrogen and oxygen atoms in total. The Hall–Kier alpha value is -1.08. The molecule has 2 rings (SSSR count). The van der Waals surface area contributed by atoms with Crippen LogP contribution in [0.5, 0.6) is 0 Å². The molecule has 1 N–H and O–H groups in total. The standard InChI is InChI=1S/C12H7Br2F3N2/c13-7-5-9(14)11(18-6-7)19-10-4-2-1-3-8(10)12(15,16)17/h1-6H,(H,18,19). The summed E-state index contributed by atoms with van der Waals surface area (Å²) in [5.41, 5.74) is -0.767. The number of nitrogens with one attached hydrogen (secondary N) is 1. The number of hydrogen-bond donors (Lipinski definition) is 1. The predicted octanol–water partition coefficient (Wildman–Crippen LogP) is 5.37. The van der Waals surface area contributed by atoms with Gasteiger partial charge in [-0.3, -0.25) is 0 Å². The molecule has 0 unspecified atom stereocenters. The quantitative estimate of drug-likeness (QED) is 0.739. The molecule has 0 fully saturated rings. The van der Waals surface area contributed by atoms with Gasteiger partial charge in [0.2, 0.25) is 0 Å². The van der Waals surface area contributed by atoms with Crippen molar-refractivity contribution in [3.05, 3.63) is 51.0 Å². The van der Waals surface area contributed by atoms with Crippen LogP contribution in [-0.4, -0.2) is 4.98 Å². The van der Waals surface area contributed by atoms with E-state index < -0.39 is 11.7 Å². The molecule has 0 saturated heterocycles. The van der Waals surface area contributed by atoms with Crippen molar-refractivity contribution in [1.29, 1.82) is 0 Å². The molecule has 0 aliphatic rings. The van der Waals surface area contributed by atoms with E-state index in [0.717, 1.165) is 10.5 Å². The SMILES string of the molecule is FC(F)(F)c1ccccc1Nc1ncc(Br)cc1Br. The van der Waals surface area contributed by atoms with Crippen molar-refractivity contribution < 1.29 is 13.2 Å². The summed E-state index contributed by atoms with van der Waals surface area (Å²) in [5.74, 6) is 0.319. The number of rotatable bonds is 2. The summed E-state index contributed by atoms with van der Waals surface area (Å²) in [4.78, 5) is 4.02. The Morgan fingerprint density at radius 3 is 2.42 bits per heavy atom. The molecule has 0 aliphatic carbocycles. The lowest BCUT2D eigenvalue weighted by atomic mass is 10.1. The highest BCUT2D eigenvalue weighted by Gasteiger charge is 2.33. The second-order valence-electron chi connectivity index (χ2n) is 3.65. The van der Waals surface area contributed by atoms with Crippen LogP contribution in [0.25, 0.3) is 0 Å². The van der Waals surface area contributed by atoms with Crippen LogP contribution in [-0.2, 0) is 6.18 Å². The molecule has 1 heterocycles. The first-order valence-corrected chi connectivity index (χ1v) is 6.71. The highest BCUT2D eigenvalue weighted by atomic mass is 79.9. The fourth-order valence-corrected chi connectivity index (χ4v) is 2.56. The Balaban J connectivity index is 2.39. The summed E-state index contributed by atoms with van der Waals surface area (Å²) < 4.78 is 39.8. The topological polar surface area (TPSA) is 24.9 Å². The van der Waals surface area contributed by atoms with E-state index in [9.17, 15) is 13.2 Å². The van der Waals surface area contributed by atoms with Gasteiger partial charge in [-0.1, -0.05) is 12.1 Å². The van der Waals surface area contributed by atoms with E-state index in [0.29, 0.717) is 10.3 Å². The molecule has 0 radical (unpaired) electrons. The third-order valence-electron chi connectivity index (χ3n) is 2.29. The molecular weight excluding hydrogens is 389 g/mol. The van der Waals surface area contributed by atoms with Gasteiger partial charge in [0.05, 0.1) is 15.7 Å². The van der Waals surface area contributed by atoms with E-state index in [1.54, 1.807) is 6.07 Å². The summed E-state index contributed by atoms with van der Waals surface area (Å²) in [6.07, 6.45) is -2.91. The summed E-state index contributed by atoms with van der Waals surface area (Å²) >= 11 is 6.47. The Morgan fingerprint density at radius 1 is 1.11 bits per heavy atom. The predicted molar refractivity (Wildman–Crippen MR) is 74.4 cm³/mol. The summed E-state index contributed by atoms with van der Waals surface area (Å²) in [6.45, 7) is 0. The first kappa shape index (κ1) is 14.3. The van der Waals surface area contributed by atoms with Crippen molar-refractivity contribution in [1.82, 2.24) is 4.98 Å². The molecule has 0 aliphatic heterocycles. The average molecular weight is 396 g/mol. The normalized spacial score (nSPS) is 11.4. The Bertz CT molecular complexity index is 600. The number of alkyl halides is 3. The van der Waals surface area contributed by atoms with Gasteiger partial charge in [0.1, 0.15) is 5.82 Å². The molecule has 7 heteroatoms. The molecule has 1 aromatic heterocycles. The van der Waals surface area contributed by atoms with Crippen LogP contribution in [0.2, 0.25) is 0 Å². The lowest BCUT2D eigenvalue weighted by molar-refractivity contribution is -0.136. The smallest absolute Gasteiger partial charge is 0.339 e. The second kappa shape index (κ2) is 5.50. The van der Waals surface area contributed by atoms with Crippen molar-refractivity contribution >= 4 is 43.4 Å². The van der Waals surface area contributed by atoms with Gasteiger partial charge in [0, 0.05) is 10.7 Å². The first-order chi connectivity index (χ1) is 8.88. The molecular formula is C12H7Br2F3N2. The molecule has 0 saturated carbocycles. The van der Waals surface area contributed by atoms with Gasteiger partial charge in [-0.05, 0) is 50.1 Å². The number of benzene rings is 1. The van der Waals surface area contributed by atoms with Gasteiger partial charge in [0.25, 0.3) is 0 Å². The lowest BCUT2D eigenvalue weighted by Gasteiger charge is -2.14. The minimum Gasteiger partial charge on any atom is -0.339 e. The summed E-state index contributed by atoms with van der Waals surface area (Å²) in [6, 6.07) is 6.96. The van der Waals surface area contributed by atoms with Gasteiger partial charge in [-0.2, -0.15) is 13.2 Å². The molecule has 19 heavy (non-hydrogen) atoms. The Morgan fingerprint density at radius 2 is 1.79 bits per heavy atom. The van der Waals surface area contributed by atoms with Gasteiger partial charge in [0.15, 0.2) is 0 Å². The maximum atomic E-state index is 12.8. The van der Waals surface area contributed by atoms with Gasteiger partial charge in [-0.15, -0.1) is 0 Å². The zero-order valence-corrected chi connectivity index (χ0v) is 12.5. The number of hydrogen-bond acceptors (Lipinski definition) is 2. The van der Waals surface area contributed by atoms with Crippen molar-refractivity contribution in [3.63, 3.8) is 0 Å². The number of para-hydroxylation sites is 1. The highest BCUT2D eigenvalue weighted by molar-refractivity contribution is 9.11. The van der Waals surface area contributed by atoms with Crippen LogP contribution in [0, 0.1) is 0 Å². The number of aromatic nitrogens is 1. The average Bonchev–Trinajstić information content (AvgIpc) is 2.32. The Labute approximate surface area is 124 Å². The maximum Gasteiger partial charge on any atom is 0.418 e. The van der Waals surface area contributed by atoms with Gasteiger partial charge < -0.3 is 5.32 Å². The molecule has 100 valence electrons. The number of pyridine rings is 1. The number of anilines is 2. The van der Waals surface area contributed by atoms with Crippen LogP contribution in [0.3, 0.4) is 0 Å². The van der Waals surface area contributed by atoms with Crippen LogP contribution in [0.4, 0.5) is 24.7 Å². The molecule has 0 bridgehead atoms. The van der Waals surface area contributed by atoms with Crippen molar-refractivity contribution in [2.75, 3.05) is 5.32 Å². The van der Waals surface area contributed by atoms with E-state index in [4.69, 9.17) is 0 Å². The van der Waals surface area contributed by atoms with E-state index in [2.05, 4.69) is 42.2 Å². The van der Waals surface area contributed by atoms with E-state index in [1.807, 2.05) is 0 Å². The van der Waals surface area contributed by atoms with Crippen LogP contribution in [0.1, 0.15) is 5.56 Å². The zero-order valence-electron chi connectivity index (χ0n) is 9.30. The van der Waals surface area contributed by atoms with Crippen LogP contribution >= 0.6 is 31.9 Å². The third-order valence-corrected chi connectivity index (χ3v) is 3.33. The van der Waals surface area contributed by atoms with Crippen molar-refractivity contribution in [3.8, 4) is 0 Å². The van der Waals surface area contributed by atoms with E-state index in [1.165, 1.54) is 24.4 Å². The minimum absolute atomic E-state index is 0.0366. The van der Waals surface area contributed by atoms with Crippen LogP contribution < -0.4 is 5.32 Å².